The normalized spacial score (nSPS) is 13.3. The molecule has 2 aliphatic rings. The summed E-state index contributed by atoms with van der Waals surface area (Å²) in [6.45, 7) is 16.9. The number of fused-ring (bicyclic) bond motifs is 2. The van der Waals surface area contributed by atoms with Crippen LogP contribution in [0.2, 0.25) is 11.3 Å². The molecule has 2 fully saturated rings. The van der Waals surface area contributed by atoms with Gasteiger partial charge in [0.25, 0.3) is 0 Å². The first-order valence-corrected chi connectivity index (χ1v) is 30.0. The fourth-order valence-electron chi connectivity index (χ4n) is 11.3. The Bertz CT molecular complexity index is 3080. The minimum atomic E-state index is -1.13. The van der Waals surface area contributed by atoms with Gasteiger partial charge in [0.05, 0.1) is 42.2 Å². The van der Waals surface area contributed by atoms with Gasteiger partial charge in [-0.1, -0.05) is 203 Å². The van der Waals surface area contributed by atoms with Crippen molar-refractivity contribution in [3.05, 3.63) is 172 Å². The summed E-state index contributed by atoms with van der Waals surface area (Å²) in [4.78, 5) is 9.60. The largest absolute Gasteiger partial charge is 0.496 e. The molecule has 2 saturated carbocycles. The van der Waals surface area contributed by atoms with E-state index >= 15 is 0 Å². The molecular formula is C71H95BClN2O4P. The van der Waals surface area contributed by atoms with Crippen LogP contribution in [0.5, 0.6) is 11.5 Å². The maximum atomic E-state index is 8.28. The third-order valence-electron chi connectivity index (χ3n) is 14.6. The van der Waals surface area contributed by atoms with Gasteiger partial charge in [-0.15, -0.1) is 0 Å². The van der Waals surface area contributed by atoms with Crippen LogP contribution >= 0.6 is 19.5 Å². The first kappa shape index (κ1) is 67.0. The monoisotopic (exact) mass is 1120 g/mol. The number of aryl methyl sites for hydroxylation is 4. The van der Waals surface area contributed by atoms with Crippen LogP contribution < -0.4 is 14.8 Å². The van der Waals surface area contributed by atoms with Crippen LogP contribution in [-0.4, -0.2) is 52.7 Å². The summed E-state index contributed by atoms with van der Waals surface area (Å²) in [6.07, 6.45) is 15.7. The van der Waals surface area contributed by atoms with Crippen molar-refractivity contribution in [1.82, 2.24) is 9.97 Å². The van der Waals surface area contributed by atoms with Gasteiger partial charge >= 0.3 is 7.12 Å². The quantitative estimate of drug-likeness (QED) is 0.0937. The average Bonchev–Trinajstić information content (AvgIpc) is 3.42. The highest BCUT2D eigenvalue weighted by Gasteiger charge is 2.34. The number of pyridine rings is 2. The first-order valence-electron chi connectivity index (χ1n) is 28.2. The van der Waals surface area contributed by atoms with Gasteiger partial charge in [0.1, 0.15) is 11.5 Å². The molecule has 2 aromatic heterocycles. The van der Waals surface area contributed by atoms with Gasteiger partial charge in [-0.3, -0.25) is 0 Å². The molecular weight excluding hydrogens is 1020 g/mol. The van der Waals surface area contributed by atoms with Crippen LogP contribution in [0, 0.1) is 39.5 Å². The van der Waals surface area contributed by atoms with Crippen molar-refractivity contribution < 1.29 is 19.5 Å². The third-order valence-corrected chi connectivity index (χ3v) is 18.4. The van der Waals surface area contributed by atoms with Crippen molar-refractivity contribution in [3.63, 3.8) is 0 Å². The van der Waals surface area contributed by atoms with E-state index < -0.39 is 7.12 Å². The van der Waals surface area contributed by atoms with E-state index in [0.717, 1.165) is 73.2 Å². The van der Waals surface area contributed by atoms with E-state index in [1.165, 1.54) is 109 Å². The van der Waals surface area contributed by atoms with Crippen molar-refractivity contribution in [2.75, 3.05) is 14.2 Å². The van der Waals surface area contributed by atoms with Gasteiger partial charge in [0, 0.05) is 26.9 Å². The van der Waals surface area contributed by atoms with Crippen molar-refractivity contribution in [2.45, 2.75) is 166 Å². The van der Waals surface area contributed by atoms with Crippen molar-refractivity contribution in [2.24, 2.45) is 11.8 Å². The summed E-state index contributed by atoms with van der Waals surface area (Å²) in [6, 6.07) is 49.3. The number of hydrogen-bond acceptors (Lipinski definition) is 6. The molecule has 0 spiro atoms. The molecule has 2 heterocycles. The predicted octanol–water partition coefficient (Wildman–Crippen LogP) is 20.1. The number of aromatic nitrogens is 2. The summed E-state index contributed by atoms with van der Waals surface area (Å²) in [5.74, 6) is 2.87. The number of rotatable bonds is 12. The van der Waals surface area contributed by atoms with E-state index in [-0.39, 0.29) is 30.2 Å². The second-order valence-corrected chi connectivity index (χ2v) is 25.5. The van der Waals surface area contributed by atoms with Crippen LogP contribution in [0.3, 0.4) is 0 Å². The van der Waals surface area contributed by atoms with Gasteiger partial charge in [-0.05, 0) is 172 Å². The number of halogens is 1. The molecule has 2 N–H and O–H groups in total. The number of methoxy groups -OCH3 is 2. The van der Waals surface area contributed by atoms with Crippen LogP contribution in [0.4, 0.5) is 0 Å². The Morgan fingerprint density at radius 2 is 0.988 bits per heavy atom. The molecule has 428 valence electrons. The Labute approximate surface area is 490 Å². The molecule has 0 bridgehead atoms. The van der Waals surface area contributed by atoms with Crippen molar-refractivity contribution in [3.8, 4) is 45.1 Å². The Kier molecular flexibility index (Phi) is 27.4. The molecule has 0 saturated heterocycles. The Morgan fingerprint density at radius 1 is 0.537 bits per heavy atom. The van der Waals surface area contributed by atoms with Crippen LogP contribution in [-0.2, 0) is 6.42 Å². The van der Waals surface area contributed by atoms with Gasteiger partial charge in [0.2, 0.25) is 0 Å². The molecule has 80 heavy (non-hydrogen) atoms. The fourth-order valence-corrected chi connectivity index (χ4v) is 15.4. The predicted molar refractivity (Wildman–Crippen MR) is 352 cm³/mol. The van der Waals surface area contributed by atoms with E-state index in [0.29, 0.717) is 18.2 Å². The smallest absolute Gasteiger partial charge is 0.451 e. The summed E-state index contributed by atoms with van der Waals surface area (Å²) in [5, 5.41) is 21.2. The third kappa shape index (κ3) is 19.0. The number of nitrogens with zero attached hydrogens (tertiary/aromatic N) is 2. The molecule has 0 aliphatic heterocycles. The van der Waals surface area contributed by atoms with Gasteiger partial charge in [-0.25, -0.2) is 9.97 Å². The number of hydrogen-bond donors (Lipinski definition) is 2. The highest BCUT2D eigenvalue weighted by atomic mass is 35.5. The topological polar surface area (TPSA) is 84.7 Å². The molecule has 6 aromatic carbocycles. The maximum Gasteiger partial charge on any atom is 0.451 e. The van der Waals surface area contributed by atoms with Gasteiger partial charge < -0.3 is 19.5 Å². The molecule has 8 aromatic rings. The van der Waals surface area contributed by atoms with Crippen LogP contribution in [0.15, 0.2) is 140 Å². The first-order chi connectivity index (χ1) is 37.1. The molecule has 0 unspecified atom stereocenters. The minimum Gasteiger partial charge on any atom is -0.496 e. The van der Waals surface area contributed by atoms with E-state index in [1.54, 1.807) is 19.5 Å². The van der Waals surface area contributed by atoms with Crippen LogP contribution in [0.25, 0.3) is 55.4 Å². The second kappa shape index (κ2) is 32.8. The number of benzene rings is 6. The van der Waals surface area contributed by atoms with Crippen LogP contribution in [0.1, 0.15) is 142 Å². The Hall–Kier alpha value is -5.56. The molecule has 0 radical (unpaired) electrons. The maximum absolute atomic E-state index is 8.28. The number of ether oxygens (including phenoxy) is 2. The lowest BCUT2D eigenvalue weighted by atomic mass is 9.80. The SMILES string of the molecule is C.C.C.CC(C)CB(O)O.COc1cccc(OC)c1-c1ccccc1P(C1CCCCC1)C1CCCCC1.Cc1cc(C)cc(-c2ccc3ccc(CC(C)C)cc3n2)c1.Cc1cc(C)cc(-c2ccc3ccc(Cl)cc3n2)c1. The highest BCUT2D eigenvalue weighted by Crippen LogP contribution is 2.57. The highest BCUT2D eigenvalue weighted by molar-refractivity contribution is 7.67. The second-order valence-electron chi connectivity index (χ2n) is 22.3. The lowest BCUT2D eigenvalue weighted by Crippen LogP contribution is -2.27. The Morgan fingerprint density at radius 3 is 1.43 bits per heavy atom. The molecule has 0 atom stereocenters. The standard InChI is InChI=1S/C26H35O2P.C21H23N.C17H14ClN.C4H11BO2.3CH4/c1-27-23-17-11-18-24(28-2)26(23)22-16-9-10-19-25(22)29(20-12-5-3-6-13-20)21-14-7-4-8-15-21;1-14(2)9-17-5-6-18-7-8-20(22-21(18)13-17)19-11-15(3)10-16(4)12-19;1-11-7-12(2)9-14(8-11)16-6-4-13-3-5-15(18)10-17(13)19-16;1-4(2)3-5(6)7;;;/h9-11,16-21H,3-8,12-15H2,1-2H3;5-8,10-14H,9H2,1-4H3;3-10H,1-2H3;4,6-7H,3H2,1-2H3;3*1H4. The minimum absolute atomic E-state index is 0. The summed E-state index contributed by atoms with van der Waals surface area (Å²) in [7, 11) is 2.23. The van der Waals surface area contributed by atoms with Crippen molar-refractivity contribution in [1.29, 1.82) is 0 Å². The lowest BCUT2D eigenvalue weighted by Gasteiger charge is -2.39. The summed E-state index contributed by atoms with van der Waals surface area (Å²) >= 11 is 6.03. The molecule has 2 aliphatic carbocycles. The summed E-state index contributed by atoms with van der Waals surface area (Å²) in [5.41, 5.74) is 17.1. The molecule has 10 rings (SSSR count). The van der Waals surface area contributed by atoms with Gasteiger partial charge in [-0.2, -0.15) is 0 Å². The zero-order valence-corrected chi connectivity index (χ0v) is 49.2. The lowest BCUT2D eigenvalue weighted by molar-refractivity contribution is 0.394. The average molecular weight is 1120 g/mol. The molecule has 0 amide bonds. The zero-order chi connectivity index (χ0) is 55.0. The van der Waals surface area contributed by atoms with E-state index in [4.69, 9.17) is 41.1 Å². The summed E-state index contributed by atoms with van der Waals surface area (Å²) < 4.78 is 11.6. The van der Waals surface area contributed by atoms with E-state index in [1.807, 2.05) is 38.1 Å². The molecule has 9 heteroatoms. The molecule has 6 nitrogen and oxygen atoms in total. The van der Waals surface area contributed by atoms with E-state index in [9.17, 15) is 0 Å². The Balaban J connectivity index is 0.000000244. The zero-order valence-electron chi connectivity index (χ0n) is 47.6. The fraction of sp³-hybridized carbons (Fsp3) is 0.408. The van der Waals surface area contributed by atoms with Gasteiger partial charge in [0.15, 0.2) is 0 Å². The van der Waals surface area contributed by atoms with Crippen molar-refractivity contribution >= 4 is 53.8 Å². The van der Waals surface area contributed by atoms with E-state index in [2.05, 4.69) is 157 Å².